The van der Waals surface area contributed by atoms with E-state index in [1.54, 1.807) is 0 Å². The third kappa shape index (κ3) is 3.12. The van der Waals surface area contributed by atoms with Crippen LogP contribution in [-0.2, 0) is 12.0 Å². The summed E-state index contributed by atoms with van der Waals surface area (Å²) < 4.78 is 0. The first-order chi connectivity index (χ1) is 9.02. The van der Waals surface area contributed by atoms with Crippen LogP contribution in [0.4, 0.5) is 0 Å². The minimum absolute atomic E-state index is 0.344. The molecule has 0 heterocycles. The van der Waals surface area contributed by atoms with E-state index >= 15 is 0 Å². The smallest absolute Gasteiger partial charge is 0.0355 e. The average Bonchev–Trinajstić information content (AvgIpc) is 2.39. The molecule has 2 N–H and O–H groups in total. The predicted molar refractivity (Wildman–Crippen MR) is 83.0 cm³/mol. The van der Waals surface area contributed by atoms with E-state index < -0.39 is 0 Å². The zero-order chi connectivity index (χ0) is 13.9. The Morgan fingerprint density at radius 2 is 1.74 bits per heavy atom. The van der Waals surface area contributed by atoms with Crippen molar-refractivity contribution in [3.63, 3.8) is 0 Å². The maximum Gasteiger partial charge on any atom is 0.0355 e. The van der Waals surface area contributed by atoms with Crippen molar-refractivity contribution in [3.8, 4) is 0 Å². The van der Waals surface area contributed by atoms with E-state index in [9.17, 15) is 0 Å². The van der Waals surface area contributed by atoms with Crippen LogP contribution in [0.25, 0.3) is 6.08 Å². The molecule has 0 aliphatic heterocycles. The van der Waals surface area contributed by atoms with Crippen LogP contribution >= 0.6 is 0 Å². The monoisotopic (exact) mass is 251 g/mol. The van der Waals surface area contributed by atoms with Crippen molar-refractivity contribution in [2.45, 2.75) is 25.8 Å². The molecule has 0 aliphatic rings. The molecule has 2 aromatic rings. The summed E-state index contributed by atoms with van der Waals surface area (Å²) in [5.41, 5.74) is 10.9. The predicted octanol–water partition coefficient (Wildman–Crippen LogP) is 4.11. The second-order valence-electron chi connectivity index (χ2n) is 5.46. The molecule has 0 fully saturated rings. The fourth-order valence-electron chi connectivity index (χ4n) is 2.40. The van der Waals surface area contributed by atoms with E-state index in [4.69, 9.17) is 5.73 Å². The Kier molecular flexibility index (Phi) is 3.87. The first-order valence-corrected chi connectivity index (χ1v) is 6.60. The molecule has 1 heteroatoms. The van der Waals surface area contributed by atoms with Crippen LogP contribution in [0.5, 0.6) is 0 Å². The van der Waals surface area contributed by atoms with Crippen LogP contribution in [0.1, 0.15) is 36.1 Å². The summed E-state index contributed by atoms with van der Waals surface area (Å²) >= 11 is 0. The molecule has 0 bridgehead atoms. The summed E-state index contributed by atoms with van der Waals surface area (Å²) in [6, 6.07) is 16.7. The largest absolute Gasteiger partial charge is 0.322 e. The fourth-order valence-corrected chi connectivity index (χ4v) is 2.40. The Bertz CT molecular complexity index is 562. The van der Waals surface area contributed by atoms with E-state index in [0.29, 0.717) is 0 Å². The van der Waals surface area contributed by atoms with Crippen molar-refractivity contribution in [1.29, 1.82) is 0 Å². The number of hydrogen-bond donors (Lipinski definition) is 1. The number of hydrogen-bond acceptors (Lipinski definition) is 1. The van der Waals surface area contributed by atoms with Crippen LogP contribution in [0, 0.1) is 0 Å². The molecule has 2 aromatic carbocycles. The van der Waals surface area contributed by atoms with Crippen molar-refractivity contribution < 1.29 is 0 Å². The molecule has 0 atom stereocenters. The maximum absolute atomic E-state index is 6.30. The first-order valence-electron chi connectivity index (χ1n) is 6.60. The lowest BCUT2D eigenvalue weighted by Gasteiger charge is -2.24. The number of nitrogens with two attached hydrogens (primary N) is 1. The highest BCUT2D eigenvalue weighted by molar-refractivity contribution is 5.56. The second-order valence-corrected chi connectivity index (χ2v) is 5.46. The standard InChI is InChI=1S/C18H21N/c1-4-15-11-8-12-17(18(2,3)19)16(15)13-14-9-6-5-7-10-14/h4-12H,1,13,19H2,2-3H3. The summed E-state index contributed by atoms with van der Waals surface area (Å²) in [6.45, 7) is 8.01. The quantitative estimate of drug-likeness (QED) is 0.869. The number of benzene rings is 2. The Morgan fingerprint density at radius 3 is 2.32 bits per heavy atom. The molecule has 0 saturated carbocycles. The first kappa shape index (κ1) is 13.6. The van der Waals surface area contributed by atoms with E-state index in [-0.39, 0.29) is 5.54 Å². The van der Waals surface area contributed by atoms with Crippen molar-refractivity contribution in [2.75, 3.05) is 0 Å². The normalized spacial score (nSPS) is 11.3. The summed E-state index contributed by atoms with van der Waals surface area (Å²) in [5, 5.41) is 0. The summed E-state index contributed by atoms with van der Waals surface area (Å²) in [4.78, 5) is 0. The van der Waals surface area contributed by atoms with Crippen LogP contribution in [0.3, 0.4) is 0 Å². The van der Waals surface area contributed by atoms with Gasteiger partial charge in [0.25, 0.3) is 0 Å². The second kappa shape index (κ2) is 5.41. The summed E-state index contributed by atoms with van der Waals surface area (Å²) in [7, 11) is 0. The Morgan fingerprint density at radius 1 is 1.05 bits per heavy atom. The average molecular weight is 251 g/mol. The third-order valence-electron chi connectivity index (χ3n) is 3.35. The van der Waals surface area contributed by atoms with Gasteiger partial charge in [-0.3, -0.25) is 0 Å². The third-order valence-corrected chi connectivity index (χ3v) is 3.35. The highest BCUT2D eigenvalue weighted by Crippen LogP contribution is 2.27. The molecule has 19 heavy (non-hydrogen) atoms. The molecule has 0 aliphatic carbocycles. The van der Waals surface area contributed by atoms with Gasteiger partial charge in [-0.2, -0.15) is 0 Å². The van der Waals surface area contributed by atoms with Gasteiger partial charge in [0.05, 0.1) is 0 Å². The lowest BCUT2D eigenvalue weighted by atomic mass is 9.85. The Balaban J connectivity index is 2.51. The molecular weight excluding hydrogens is 230 g/mol. The zero-order valence-electron chi connectivity index (χ0n) is 11.7. The molecule has 0 amide bonds. The van der Waals surface area contributed by atoms with Gasteiger partial charge in [-0.1, -0.05) is 61.2 Å². The topological polar surface area (TPSA) is 26.0 Å². The van der Waals surface area contributed by atoms with Gasteiger partial charge in [0.2, 0.25) is 0 Å². The van der Waals surface area contributed by atoms with E-state index in [1.165, 1.54) is 22.3 Å². The van der Waals surface area contributed by atoms with Crippen LogP contribution in [0.2, 0.25) is 0 Å². The van der Waals surface area contributed by atoms with Gasteiger partial charge in [-0.15, -0.1) is 0 Å². The minimum Gasteiger partial charge on any atom is -0.322 e. The molecule has 0 radical (unpaired) electrons. The lowest BCUT2D eigenvalue weighted by Crippen LogP contribution is -2.30. The summed E-state index contributed by atoms with van der Waals surface area (Å²) in [5.74, 6) is 0. The zero-order valence-corrected chi connectivity index (χ0v) is 11.7. The van der Waals surface area contributed by atoms with Crippen molar-refractivity contribution >= 4 is 6.08 Å². The molecular formula is C18H21N. The van der Waals surface area contributed by atoms with Crippen molar-refractivity contribution in [2.24, 2.45) is 5.73 Å². The molecule has 0 spiro atoms. The van der Waals surface area contributed by atoms with Gasteiger partial charge >= 0.3 is 0 Å². The molecule has 2 rings (SSSR count). The number of rotatable bonds is 4. The lowest BCUT2D eigenvalue weighted by molar-refractivity contribution is 0.549. The van der Waals surface area contributed by atoms with Gasteiger partial charge in [-0.05, 0) is 42.5 Å². The van der Waals surface area contributed by atoms with Gasteiger partial charge in [-0.25, -0.2) is 0 Å². The molecule has 98 valence electrons. The SMILES string of the molecule is C=Cc1cccc(C(C)(C)N)c1Cc1ccccc1. The Labute approximate surface area is 115 Å². The van der Waals surface area contributed by atoms with Crippen LogP contribution in [0.15, 0.2) is 55.1 Å². The maximum atomic E-state index is 6.30. The van der Waals surface area contributed by atoms with Gasteiger partial charge in [0.1, 0.15) is 0 Å². The molecule has 0 aromatic heterocycles. The van der Waals surface area contributed by atoms with Gasteiger partial charge in [0, 0.05) is 5.54 Å². The van der Waals surface area contributed by atoms with Crippen molar-refractivity contribution in [1.82, 2.24) is 0 Å². The minimum atomic E-state index is -0.344. The molecule has 0 saturated heterocycles. The summed E-state index contributed by atoms with van der Waals surface area (Å²) in [6.07, 6.45) is 2.80. The van der Waals surface area contributed by atoms with E-state index in [0.717, 1.165) is 6.42 Å². The molecule has 1 nitrogen and oxygen atoms in total. The molecule has 0 unspecified atom stereocenters. The van der Waals surface area contributed by atoms with Gasteiger partial charge in [0.15, 0.2) is 0 Å². The fraction of sp³-hybridized carbons (Fsp3) is 0.222. The highest BCUT2D eigenvalue weighted by Gasteiger charge is 2.19. The van der Waals surface area contributed by atoms with E-state index in [2.05, 4.69) is 49.0 Å². The van der Waals surface area contributed by atoms with Gasteiger partial charge < -0.3 is 5.73 Å². The Hall–Kier alpha value is -1.86. The highest BCUT2D eigenvalue weighted by atomic mass is 14.7. The van der Waals surface area contributed by atoms with Crippen molar-refractivity contribution in [3.05, 3.63) is 77.4 Å². The van der Waals surface area contributed by atoms with E-state index in [1.807, 2.05) is 26.0 Å². The van der Waals surface area contributed by atoms with Crippen LogP contribution in [-0.4, -0.2) is 0 Å². The van der Waals surface area contributed by atoms with Crippen LogP contribution < -0.4 is 5.73 Å².